The molecular weight excluding hydrogens is 342 g/mol. The number of carbonyl (C=O) groups is 1. The highest BCUT2D eigenvalue weighted by atomic mass is 32.2. The molecule has 25 heavy (non-hydrogen) atoms. The number of carbonyl (C=O) groups excluding carboxylic acids is 1. The number of benzene rings is 1. The SMILES string of the molecule is CCN(CC)S(=O)(=O)N1CCN(C(=O)c2ccccc2COC)CC1. The highest BCUT2D eigenvalue weighted by Crippen LogP contribution is 2.17. The van der Waals surface area contributed by atoms with Crippen molar-refractivity contribution in [1.82, 2.24) is 13.5 Å². The van der Waals surface area contributed by atoms with E-state index in [1.54, 1.807) is 18.1 Å². The maximum absolute atomic E-state index is 12.8. The second kappa shape index (κ2) is 8.75. The molecule has 1 aromatic carbocycles. The van der Waals surface area contributed by atoms with Crippen LogP contribution in [0.2, 0.25) is 0 Å². The third-order valence-corrected chi connectivity index (χ3v) is 6.62. The van der Waals surface area contributed by atoms with E-state index in [-0.39, 0.29) is 5.91 Å². The van der Waals surface area contributed by atoms with Crippen molar-refractivity contribution >= 4 is 16.1 Å². The molecule has 0 bridgehead atoms. The average Bonchev–Trinajstić information content (AvgIpc) is 2.63. The maximum atomic E-state index is 12.8. The van der Waals surface area contributed by atoms with Crippen LogP contribution >= 0.6 is 0 Å². The minimum Gasteiger partial charge on any atom is -0.380 e. The molecule has 1 aliphatic rings. The van der Waals surface area contributed by atoms with Gasteiger partial charge in [-0.15, -0.1) is 0 Å². The monoisotopic (exact) mass is 369 g/mol. The fraction of sp³-hybridized carbons (Fsp3) is 0.588. The summed E-state index contributed by atoms with van der Waals surface area (Å²) in [6.45, 7) is 6.33. The first-order chi connectivity index (χ1) is 12.0. The Balaban J connectivity index is 2.06. The Morgan fingerprint density at radius 1 is 1.12 bits per heavy atom. The molecular formula is C17H27N3O4S. The molecule has 1 heterocycles. The molecule has 140 valence electrons. The molecule has 0 radical (unpaired) electrons. The van der Waals surface area contributed by atoms with E-state index in [1.165, 1.54) is 8.61 Å². The van der Waals surface area contributed by atoms with Crippen LogP contribution in [0.1, 0.15) is 29.8 Å². The standard InChI is InChI=1S/C17H27N3O4S/c1-4-19(5-2)25(22,23)20-12-10-18(11-13-20)17(21)16-9-7-6-8-15(16)14-24-3/h6-9H,4-5,10-14H2,1-3H3. The zero-order chi connectivity index (χ0) is 18.4. The molecule has 0 N–H and O–H groups in total. The predicted octanol–water partition coefficient (Wildman–Crippen LogP) is 1.18. The van der Waals surface area contributed by atoms with Gasteiger partial charge in [0.05, 0.1) is 6.61 Å². The molecule has 0 atom stereocenters. The molecule has 1 fully saturated rings. The van der Waals surface area contributed by atoms with Gasteiger partial charge in [-0.2, -0.15) is 17.0 Å². The van der Waals surface area contributed by atoms with Crippen LogP contribution in [0.25, 0.3) is 0 Å². The zero-order valence-electron chi connectivity index (χ0n) is 15.1. The van der Waals surface area contributed by atoms with Crippen molar-refractivity contribution in [3.05, 3.63) is 35.4 Å². The smallest absolute Gasteiger partial charge is 0.282 e. The van der Waals surface area contributed by atoms with Gasteiger partial charge >= 0.3 is 0 Å². The van der Waals surface area contributed by atoms with E-state index in [1.807, 2.05) is 32.0 Å². The summed E-state index contributed by atoms with van der Waals surface area (Å²) >= 11 is 0. The van der Waals surface area contributed by atoms with Crippen molar-refractivity contribution in [2.75, 3.05) is 46.4 Å². The Morgan fingerprint density at radius 2 is 1.72 bits per heavy atom. The molecule has 0 unspecified atom stereocenters. The van der Waals surface area contributed by atoms with Gasteiger partial charge in [0, 0.05) is 51.9 Å². The number of rotatable bonds is 7. The Morgan fingerprint density at radius 3 is 2.28 bits per heavy atom. The molecule has 0 aromatic heterocycles. The van der Waals surface area contributed by atoms with Gasteiger partial charge in [0.1, 0.15) is 0 Å². The summed E-state index contributed by atoms with van der Waals surface area (Å²) in [5.41, 5.74) is 1.46. The van der Waals surface area contributed by atoms with E-state index < -0.39 is 10.2 Å². The molecule has 2 rings (SSSR count). The summed E-state index contributed by atoms with van der Waals surface area (Å²) in [5.74, 6) is -0.0764. The largest absolute Gasteiger partial charge is 0.380 e. The zero-order valence-corrected chi connectivity index (χ0v) is 16.0. The van der Waals surface area contributed by atoms with Crippen LogP contribution in [0, 0.1) is 0 Å². The summed E-state index contributed by atoms with van der Waals surface area (Å²) in [4.78, 5) is 14.5. The van der Waals surface area contributed by atoms with Crippen molar-refractivity contribution < 1.29 is 17.9 Å². The Bertz CT molecular complexity index is 681. The molecule has 7 nitrogen and oxygen atoms in total. The third-order valence-electron chi connectivity index (χ3n) is 4.43. The highest BCUT2D eigenvalue weighted by Gasteiger charge is 2.32. The average molecular weight is 369 g/mol. The molecule has 8 heteroatoms. The second-order valence-electron chi connectivity index (χ2n) is 5.87. The van der Waals surface area contributed by atoms with Crippen LogP contribution in [0.4, 0.5) is 0 Å². The first kappa shape index (κ1) is 19.8. The summed E-state index contributed by atoms with van der Waals surface area (Å²) in [7, 11) is -1.85. The van der Waals surface area contributed by atoms with Gasteiger partial charge in [-0.05, 0) is 11.6 Å². The molecule has 0 aliphatic carbocycles. The fourth-order valence-corrected chi connectivity index (χ4v) is 4.62. The fourth-order valence-electron chi connectivity index (χ4n) is 3.02. The van der Waals surface area contributed by atoms with Crippen molar-refractivity contribution in [3.63, 3.8) is 0 Å². The number of piperazine rings is 1. The van der Waals surface area contributed by atoms with Gasteiger partial charge in [-0.3, -0.25) is 4.79 Å². The van der Waals surface area contributed by atoms with E-state index in [4.69, 9.17) is 4.74 Å². The number of methoxy groups -OCH3 is 1. The molecule has 0 saturated carbocycles. The van der Waals surface area contributed by atoms with Crippen LogP contribution in [0.5, 0.6) is 0 Å². The van der Waals surface area contributed by atoms with Gasteiger partial charge in [-0.1, -0.05) is 32.0 Å². The van der Waals surface area contributed by atoms with Gasteiger partial charge in [0.25, 0.3) is 16.1 Å². The van der Waals surface area contributed by atoms with Gasteiger partial charge in [0.2, 0.25) is 0 Å². The topological polar surface area (TPSA) is 70.2 Å². The molecule has 1 amide bonds. The number of ether oxygens (including phenoxy) is 1. The summed E-state index contributed by atoms with van der Waals surface area (Å²) in [5, 5.41) is 0. The summed E-state index contributed by atoms with van der Waals surface area (Å²) in [6, 6.07) is 7.36. The Hall–Kier alpha value is -1.48. The van der Waals surface area contributed by atoms with E-state index in [0.717, 1.165) is 5.56 Å². The number of nitrogens with zero attached hydrogens (tertiary/aromatic N) is 3. The van der Waals surface area contributed by atoms with E-state index in [9.17, 15) is 13.2 Å². The van der Waals surface area contributed by atoms with Gasteiger partial charge < -0.3 is 9.64 Å². The maximum Gasteiger partial charge on any atom is 0.282 e. The van der Waals surface area contributed by atoms with E-state index in [0.29, 0.717) is 51.4 Å². The Labute approximate surface area is 150 Å². The minimum absolute atomic E-state index is 0.0764. The highest BCUT2D eigenvalue weighted by molar-refractivity contribution is 7.86. The van der Waals surface area contributed by atoms with Crippen LogP contribution in [-0.4, -0.2) is 74.2 Å². The van der Waals surface area contributed by atoms with E-state index in [2.05, 4.69) is 0 Å². The Kier molecular flexibility index (Phi) is 6.95. The molecule has 1 aliphatic heterocycles. The lowest BCUT2D eigenvalue weighted by Gasteiger charge is -2.36. The first-order valence-electron chi connectivity index (χ1n) is 8.57. The number of hydrogen-bond donors (Lipinski definition) is 0. The number of hydrogen-bond acceptors (Lipinski definition) is 4. The second-order valence-corrected chi connectivity index (χ2v) is 7.80. The molecule has 1 aromatic rings. The van der Waals surface area contributed by atoms with Crippen molar-refractivity contribution in [2.45, 2.75) is 20.5 Å². The van der Waals surface area contributed by atoms with Crippen LogP contribution < -0.4 is 0 Å². The molecule has 0 spiro atoms. The predicted molar refractivity (Wildman–Crippen MR) is 96.5 cm³/mol. The molecule has 1 saturated heterocycles. The van der Waals surface area contributed by atoms with E-state index >= 15 is 0 Å². The lowest BCUT2D eigenvalue weighted by atomic mass is 10.1. The van der Waals surface area contributed by atoms with Crippen LogP contribution in [0.3, 0.4) is 0 Å². The van der Waals surface area contributed by atoms with Crippen LogP contribution in [-0.2, 0) is 21.6 Å². The summed E-state index contributed by atoms with van der Waals surface area (Å²) < 4.78 is 33.2. The number of amides is 1. The van der Waals surface area contributed by atoms with Crippen molar-refractivity contribution in [2.24, 2.45) is 0 Å². The van der Waals surface area contributed by atoms with Crippen molar-refractivity contribution in [1.29, 1.82) is 0 Å². The lowest BCUT2D eigenvalue weighted by molar-refractivity contribution is 0.0689. The summed E-state index contributed by atoms with van der Waals surface area (Å²) in [6.07, 6.45) is 0. The first-order valence-corrected chi connectivity index (χ1v) is 9.96. The normalized spacial score (nSPS) is 16.4. The van der Waals surface area contributed by atoms with Gasteiger partial charge in [0.15, 0.2) is 0 Å². The van der Waals surface area contributed by atoms with Gasteiger partial charge in [-0.25, -0.2) is 0 Å². The minimum atomic E-state index is -3.45. The quantitative estimate of drug-likeness (QED) is 0.724. The van der Waals surface area contributed by atoms with Crippen LogP contribution in [0.15, 0.2) is 24.3 Å². The van der Waals surface area contributed by atoms with Crippen molar-refractivity contribution in [3.8, 4) is 0 Å². The third kappa shape index (κ3) is 4.38. The lowest BCUT2D eigenvalue weighted by Crippen LogP contribution is -2.54.